The Morgan fingerprint density at radius 2 is 1.93 bits per heavy atom. The van der Waals surface area contributed by atoms with Gasteiger partial charge in [-0.25, -0.2) is 4.79 Å². The molecular formula is C21H32O6. The minimum absolute atomic E-state index is 0.0806. The van der Waals surface area contributed by atoms with Crippen LogP contribution < -0.4 is 0 Å². The van der Waals surface area contributed by atoms with E-state index in [1.165, 1.54) is 6.42 Å². The lowest BCUT2D eigenvalue weighted by Crippen LogP contribution is -2.58. The van der Waals surface area contributed by atoms with E-state index in [4.69, 9.17) is 9.84 Å². The third-order valence-electron chi connectivity index (χ3n) is 6.96. The number of aliphatic hydroxyl groups is 1. The second-order valence-corrected chi connectivity index (χ2v) is 9.72. The highest BCUT2D eigenvalue weighted by molar-refractivity contribution is 5.76. The van der Waals surface area contributed by atoms with E-state index in [1.54, 1.807) is 0 Å². The topological polar surface area (TPSA) is 89.9 Å². The average Bonchev–Trinajstić information content (AvgIpc) is 2.97. The molecule has 0 aromatic heterocycles. The number of aliphatic hydroxyl groups excluding tert-OH is 1. The predicted molar refractivity (Wildman–Crippen MR) is 97.7 cm³/mol. The molecule has 3 atom stereocenters. The van der Waals surface area contributed by atoms with E-state index in [-0.39, 0.29) is 17.0 Å². The standard InChI is InChI=1S/C17H26O3.C4H6O3/c1-4-15(2,3)14(19)20-17-8-12-5-13(9-17)7-16(6-12,10-17)11-18;5-3-1-2-7-4(3)6/h11-13H,4-10H2,1-3H3;3,5H,1-2H2. The van der Waals surface area contributed by atoms with Crippen molar-refractivity contribution in [3.05, 3.63) is 0 Å². The maximum absolute atomic E-state index is 12.5. The molecule has 6 heteroatoms. The number of hydrogen-bond acceptors (Lipinski definition) is 6. The Morgan fingerprint density at radius 3 is 2.33 bits per heavy atom. The number of ether oxygens (including phenoxy) is 2. The van der Waals surface area contributed by atoms with Crippen LogP contribution in [0.15, 0.2) is 0 Å². The summed E-state index contributed by atoms with van der Waals surface area (Å²) < 4.78 is 10.4. The van der Waals surface area contributed by atoms with Crippen LogP contribution in [0.5, 0.6) is 0 Å². The molecule has 152 valence electrons. The minimum atomic E-state index is -0.847. The lowest BCUT2D eigenvalue weighted by Gasteiger charge is -2.59. The van der Waals surface area contributed by atoms with Crippen molar-refractivity contribution in [3.63, 3.8) is 0 Å². The van der Waals surface area contributed by atoms with E-state index in [9.17, 15) is 14.4 Å². The van der Waals surface area contributed by atoms with Gasteiger partial charge in [0.15, 0.2) is 6.10 Å². The van der Waals surface area contributed by atoms with Crippen molar-refractivity contribution in [1.82, 2.24) is 0 Å². The summed E-state index contributed by atoms with van der Waals surface area (Å²) in [4.78, 5) is 34.2. The summed E-state index contributed by atoms with van der Waals surface area (Å²) in [6.07, 6.45) is 7.54. The second-order valence-electron chi connectivity index (χ2n) is 9.72. The molecule has 1 saturated heterocycles. The van der Waals surface area contributed by atoms with E-state index in [0.717, 1.165) is 44.8 Å². The lowest BCUT2D eigenvalue weighted by molar-refractivity contribution is -0.207. The predicted octanol–water partition coefficient (Wildman–Crippen LogP) is 2.80. The summed E-state index contributed by atoms with van der Waals surface area (Å²) in [6.45, 7) is 6.30. The first kappa shape index (κ1) is 20.3. The molecule has 5 fully saturated rings. The number of aldehydes is 1. The molecule has 3 unspecified atom stereocenters. The Hall–Kier alpha value is -1.43. The Labute approximate surface area is 161 Å². The van der Waals surface area contributed by atoms with Crippen molar-refractivity contribution >= 4 is 18.2 Å². The van der Waals surface area contributed by atoms with Crippen molar-refractivity contribution < 1.29 is 29.0 Å². The highest BCUT2D eigenvalue weighted by Gasteiger charge is 2.60. The Kier molecular flexibility index (Phi) is 5.41. The van der Waals surface area contributed by atoms with Crippen molar-refractivity contribution in [3.8, 4) is 0 Å². The largest absolute Gasteiger partial charge is 0.464 e. The van der Waals surface area contributed by atoms with Crippen molar-refractivity contribution in [1.29, 1.82) is 0 Å². The number of hydrogen-bond donors (Lipinski definition) is 1. The molecule has 1 aliphatic heterocycles. The van der Waals surface area contributed by atoms with Crippen molar-refractivity contribution in [2.75, 3.05) is 6.61 Å². The van der Waals surface area contributed by atoms with Gasteiger partial charge in [-0.05, 0) is 70.6 Å². The van der Waals surface area contributed by atoms with Gasteiger partial charge in [0.25, 0.3) is 0 Å². The number of cyclic esters (lactones) is 1. The summed E-state index contributed by atoms with van der Waals surface area (Å²) in [5.74, 6) is 0.598. The van der Waals surface area contributed by atoms with E-state index in [1.807, 2.05) is 20.8 Å². The highest BCUT2D eigenvalue weighted by Crippen LogP contribution is 2.62. The average molecular weight is 380 g/mol. The number of esters is 2. The Bertz CT molecular complexity index is 596. The van der Waals surface area contributed by atoms with Gasteiger partial charge >= 0.3 is 11.9 Å². The molecule has 5 aliphatic rings. The molecule has 0 radical (unpaired) electrons. The van der Waals surface area contributed by atoms with Crippen LogP contribution in [0.2, 0.25) is 0 Å². The molecule has 4 aliphatic carbocycles. The number of carbonyl (C=O) groups excluding carboxylic acids is 3. The maximum atomic E-state index is 12.5. The molecule has 1 heterocycles. The SMILES string of the molecule is CCC(C)(C)C(=O)OC12CC3CC(CC(C=O)(C3)C1)C2.O=C1OCCC1O. The highest BCUT2D eigenvalue weighted by atomic mass is 16.6. The van der Waals surface area contributed by atoms with Crippen LogP contribution in [0.3, 0.4) is 0 Å². The van der Waals surface area contributed by atoms with Crippen LogP contribution in [0.4, 0.5) is 0 Å². The zero-order chi connectivity index (χ0) is 19.9. The Balaban J connectivity index is 0.000000253. The third-order valence-corrected chi connectivity index (χ3v) is 6.96. The number of rotatable bonds is 4. The van der Waals surface area contributed by atoms with Crippen LogP contribution in [0, 0.1) is 22.7 Å². The van der Waals surface area contributed by atoms with Gasteiger partial charge in [0.05, 0.1) is 12.0 Å². The first-order valence-corrected chi connectivity index (χ1v) is 10.2. The third kappa shape index (κ3) is 4.05. The molecule has 4 bridgehead atoms. The van der Waals surface area contributed by atoms with Crippen molar-refractivity contribution in [2.24, 2.45) is 22.7 Å². The first-order valence-electron chi connectivity index (χ1n) is 10.2. The molecule has 5 rings (SSSR count). The van der Waals surface area contributed by atoms with E-state index < -0.39 is 17.5 Å². The van der Waals surface area contributed by atoms with Gasteiger partial charge in [0, 0.05) is 11.8 Å². The van der Waals surface area contributed by atoms with E-state index in [2.05, 4.69) is 4.74 Å². The molecule has 0 aromatic rings. The lowest BCUT2D eigenvalue weighted by atomic mass is 9.48. The molecule has 27 heavy (non-hydrogen) atoms. The van der Waals surface area contributed by atoms with Crippen LogP contribution >= 0.6 is 0 Å². The van der Waals surface area contributed by atoms with Crippen LogP contribution in [-0.2, 0) is 23.9 Å². The monoisotopic (exact) mass is 380 g/mol. The fourth-order valence-corrected chi connectivity index (χ4v) is 5.47. The first-order chi connectivity index (χ1) is 12.6. The van der Waals surface area contributed by atoms with Crippen LogP contribution in [-0.4, -0.2) is 41.6 Å². The Morgan fingerprint density at radius 1 is 1.30 bits per heavy atom. The van der Waals surface area contributed by atoms with Gasteiger partial charge in [-0.2, -0.15) is 0 Å². The summed E-state index contributed by atoms with van der Waals surface area (Å²) in [5.41, 5.74) is -0.951. The van der Waals surface area contributed by atoms with Crippen molar-refractivity contribution in [2.45, 2.75) is 83.8 Å². The van der Waals surface area contributed by atoms with Gasteiger partial charge in [0.1, 0.15) is 11.9 Å². The summed E-state index contributed by atoms with van der Waals surface area (Å²) in [5, 5.41) is 8.52. The smallest absolute Gasteiger partial charge is 0.335 e. The van der Waals surface area contributed by atoms with Crippen LogP contribution in [0.25, 0.3) is 0 Å². The summed E-state index contributed by atoms with van der Waals surface area (Å²) >= 11 is 0. The van der Waals surface area contributed by atoms with Gasteiger partial charge in [-0.1, -0.05) is 6.92 Å². The molecular weight excluding hydrogens is 348 g/mol. The summed E-state index contributed by atoms with van der Waals surface area (Å²) in [7, 11) is 0. The van der Waals surface area contributed by atoms with Gasteiger partial charge in [-0.3, -0.25) is 4.79 Å². The number of carbonyl (C=O) groups is 3. The zero-order valence-corrected chi connectivity index (χ0v) is 16.7. The van der Waals surface area contributed by atoms with E-state index in [0.29, 0.717) is 24.9 Å². The molecule has 4 saturated carbocycles. The summed E-state index contributed by atoms with van der Waals surface area (Å²) in [6, 6.07) is 0. The van der Waals surface area contributed by atoms with Gasteiger partial charge in [-0.15, -0.1) is 0 Å². The molecule has 0 aromatic carbocycles. The van der Waals surface area contributed by atoms with Gasteiger partial charge in [0.2, 0.25) is 0 Å². The van der Waals surface area contributed by atoms with E-state index >= 15 is 0 Å². The minimum Gasteiger partial charge on any atom is -0.464 e. The fourth-order valence-electron chi connectivity index (χ4n) is 5.47. The zero-order valence-electron chi connectivity index (χ0n) is 16.7. The van der Waals surface area contributed by atoms with Gasteiger partial charge < -0.3 is 19.4 Å². The molecule has 0 spiro atoms. The fraction of sp³-hybridized carbons (Fsp3) is 0.857. The van der Waals surface area contributed by atoms with Crippen LogP contribution in [0.1, 0.15) is 72.1 Å². The quantitative estimate of drug-likeness (QED) is 0.596. The maximum Gasteiger partial charge on any atom is 0.335 e. The molecule has 1 N–H and O–H groups in total. The molecule has 6 nitrogen and oxygen atoms in total. The second kappa shape index (κ2) is 7.19. The normalized spacial score (nSPS) is 39.4. The molecule has 0 amide bonds.